The average molecular weight is 521 g/mol. The molecule has 0 radical (unpaired) electrons. The lowest BCUT2D eigenvalue weighted by Gasteiger charge is -2.34. The van der Waals surface area contributed by atoms with Crippen LogP contribution < -0.4 is 20.3 Å². The molecule has 0 saturated carbocycles. The van der Waals surface area contributed by atoms with Crippen molar-refractivity contribution >= 4 is 28.0 Å². The number of aryl methyl sites for hydroxylation is 1. The molecule has 5 rings (SSSR count). The van der Waals surface area contributed by atoms with Crippen LogP contribution in [0.15, 0.2) is 53.3 Å². The highest BCUT2D eigenvalue weighted by Gasteiger charge is 2.22. The number of rotatable bonds is 6. The van der Waals surface area contributed by atoms with Crippen LogP contribution in [-0.4, -0.2) is 70.8 Å². The van der Waals surface area contributed by atoms with E-state index in [9.17, 15) is 9.59 Å². The number of nitrogens with one attached hydrogen (secondary N) is 1. The third-order valence-corrected chi connectivity index (χ3v) is 7.23. The smallest absolute Gasteiger partial charge is 0.321 e. The van der Waals surface area contributed by atoms with Crippen molar-refractivity contribution in [3.8, 4) is 22.1 Å². The Hall–Kier alpha value is -3.96. The zero-order valence-corrected chi connectivity index (χ0v) is 21.7. The van der Waals surface area contributed by atoms with E-state index in [0.29, 0.717) is 60.6 Å². The van der Waals surface area contributed by atoms with Crippen LogP contribution in [0.25, 0.3) is 15.5 Å². The second-order valence-corrected chi connectivity index (χ2v) is 9.77. The number of ether oxygens (including phenoxy) is 2. The molecule has 3 heterocycles. The van der Waals surface area contributed by atoms with Gasteiger partial charge in [-0.15, -0.1) is 0 Å². The molecule has 0 spiro atoms. The Morgan fingerprint density at radius 1 is 1.00 bits per heavy atom. The van der Waals surface area contributed by atoms with E-state index in [1.165, 1.54) is 21.4 Å². The Morgan fingerprint density at radius 3 is 2.43 bits per heavy atom. The van der Waals surface area contributed by atoms with E-state index in [2.05, 4.69) is 15.3 Å². The SMILES string of the molecule is COc1ccc(NC(=O)N2CCN(Cc3cc(=O)n4nc(-c5ccc(C)cc5)sc4n3)CC2)cc1OC. The standard InChI is InChI=1S/C26H28N6O4S/c1-17-4-6-18(7-5-17)24-29-32-23(33)15-20(28-26(32)37-24)16-30-10-12-31(13-11-30)25(34)27-19-8-9-21(35-2)22(14-19)36-3/h4-9,14-15H,10-13,16H2,1-3H3,(H,27,34). The summed E-state index contributed by atoms with van der Waals surface area (Å²) in [5, 5.41) is 8.14. The third kappa shape index (κ3) is 5.42. The Bertz CT molecular complexity index is 1470. The number of amides is 2. The van der Waals surface area contributed by atoms with Crippen molar-refractivity contribution in [1.82, 2.24) is 24.4 Å². The van der Waals surface area contributed by atoms with Crippen molar-refractivity contribution in [1.29, 1.82) is 0 Å². The molecule has 1 fully saturated rings. The lowest BCUT2D eigenvalue weighted by Crippen LogP contribution is -2.49. The van der Waals surface area contributed by atoms with Gasteiger partial charge in [0.2, 0.25) is 4.96 Å². The molecule has 0 atom stereocenters. The molecule has 0 bridgehead atoms. The molecule has 1 aliphatic heterocycles. The van der Waals surface area contributed by atoms with Gasteiger partial charge in [-0.3, -0.25) is 9.69 Å². The molecule has 4 aromatic rings. The van der Waals surface area contributed by atoms with Crippen LogP contribution in [0.2, 0.25) is 0 Å². The Morgan fingerprint density at radius 2 is 1.73 bits per heavy atom. The van der Waals surface area contributed by atoms with Gasteiger partial charge in [-0.25, -0.2) is 9.78 Å². The quantitative estimate of drug-likeness (QED) is 0.415. The maximum Gasteiger partial charge on any atom is 0.321 e. The summed E-state index contributed by atoms with van der Waals surface area (Å²) < 4.78 is 11.9. The fraction of sp³-hybridized carbons (Fsp3) is 0.308. The van der Waals surface area contributed by atoms with Crippen LogP contribution >= 0.6 is 11.3 Å². The maximum absolute atomic E-state index is 12.8. The lowest BCUT2D eigenvalue weighted by atomic mass is 10.2. The number of urea groups is 1. The molecular weight excluding hydrogens is 492 g/mol. The van der Waals surface area contributed by atoms with Gasteiger partial charge in [0.25, 0.3) is 5.56 Å². The second-order valence-electron chi connectivity index (χ2n) is 8.82. The number of hydrogen-bond donors (Lipinski definition) is 1. The van der Waals surface area contributed by atoms with Crippen molar-refractivity contribution in [2.45, 2.75) is 13.5 Å². The van der Waals surface area contributed by atoms with E-state index in [1.807, 2.05) is 31.2 Å². The van der Waals surface area contributed by atoms with Crippen molar-refractivity contribution < 1.29 is 14.3 Å². The summed E-state index contributed by atoms with van der Waals surface area (Å²) in [4.78, 5) is 34.7. The number of methoxy groups -OCH3 is 2. The minimum Gasteiger partial charge on any atom is -0.493 e. The normalized spacial score (nSPS) is 14.1. The number of benzene rings is 2. The molecule has 2 amide bonds. The first-order valence-electron chi connectivity index (χ1n) is 11.9. The fourth-order valence-corrected chi connectivity index (χ4v) is 5.13. The van der Waals surface area contributed by atoms with Crippen LogP contribution in [0.4, 0.5) is 10.5 Å². The summed E-state index contributed by atoms with van der Waals surface area (Å²) in [7, 11) is 3.13. The Labute approximate surface area is 218 Å². The van der Waals surface area contributed by atoms with Crippen LogP contribution in [-0.2, 0) is 6.54 Å². The molecule has 1 aliphatic rings. The molecule has 2 aromatic heterocycles. The van der Waals surface area contributed by atoms with Gasteiger partial charge in [0, 0.05) is 56.1 Å². The first-order valence-corrected chi connectivity index (χ1v) is 12.7. The fourth-order valence-electron chi connectivity index (χ4n) is 4.20. The van der Waals surface area contributed by atoms with Gasteiger partial charge in [-0.2, -0.15) is 9.61 Å². The Kier molecular flexibility index (Phi) is 7.06. The van der Waals surface area contributed by atoms with Crippen LogP contribution in [0.5, 0.6) is 11.5 Å². The zero-order valence-electron chi connectivity index (χ0n) is 20.9. The molecule has 37 heavy (non-hydrogen) atoms. The van der Waals surface area contributed by atoms with E-state index in [0.717, 1.165) is 10.6 Å². The minimum atomic E-state index is -0.192. The number of fused-ring (bicyclic) bond motifs is 1. The van der Waals surface area contributed by atoms with E-state index in [4.69, 9.17) is 14.5 Å². The lowest BCUT2D eigenvalue weighted by molar-refractivity contribution is 0.142. The number of hydrogen-bond acceptors (Lipinski definition) is 8. The van der Waals surface area contributed by atoms with Gasteiger partial charge in [0.1, 0.15) is 5.01 Å². The van der Waals surface area contributed by atoms with Gasteiger partial charge >= 0.3 is 6.03 Å². The summed E-state index contributed by atoms with van der Waals surface area (Å²) in [5.74, 6) is 1.16. The predicted molar refractivity (Wildman–Crippen MR) is 143 cm³/mol. The van der Waals surface area contributed by atoms with Crippen molar-refractivity contribution in [2.24, 2.45) is 0 Å². The van der Waals surface area contributed by atoms with E-state index >= 15 is 0 Å². The van der Waals surface area contributed by atoms with Gasteiger partial charge in [0.05, 0.1) is 19.9 Å². The number of nitrogens with zero attached hydrogens (tertiary/aromatic N) is 5. The van der Waals surface area contributed by atoms with Gasteiger partial charge in [-0.1, -0.05) is 41.2 Å². The zero-order chi connectivity index (χ0) is 25.9. The number of anilines is 1. The predicted octanol–water partition coefficient (Wildman–Crippen LogP) is 3.49. The number of carbonyl (C=O) groups excluding carboxylic acids is 1. The largest absolute Gasteiger partial charge is 0.493 e. The minimum absolute atomic E-state index is 0.169. The number of carbonyl (C=O) groups is 1. The summed E-state index contributed by atoms with van der Waals surface area (Å²) in [6.07, 6.45) is 0. The van der Waals surface area contributed by atoms with E-state index in [-0.39, 0.29) is 11.6 Å². The highest BCUT2D eigenvalue weighted by Crippen LogP contribution is 2.30. The molecule has 1 N–H and O–H groups in total. The van der Waals surface area contributed by atoms with Crippen LogP contribution in [0, 0.1) is 6.92 Å². The van der Waals surface area contributed by atoms with Gasteiger partial charge in [-0.05, 0) is 19.1 Å². The number of aromatic nitrogens is 3. The molecule has 0 unspecified atom stereocenters. The summed E-state index contributed by atoms with van der Waals surface area (Å²) in [6, 6.07) is 14.7. The first-order chi connectivity index (χ1) is 17.9. The van der Waals surface area contributed by atoms with E-state index < -0.39 is 0 Å². The van der Waals surface area contributed by atoms with Gasteiger partial charge in [0.15, 0.2) is 11.5 Å². The Balaban J connectivity index is 1.21. The highest BCUT2D eigenvalue weighted by atomic mass is 32.1. The summed E-state index contributed by atoms with van der Waals surface area (Å²) in [5.41, 5.74) is 3.28. The summed E-state index contributed by atoms with van der Waals surface area (Å²) in [6.45, 7) is 5.06. The molecule has 10 nitrogen and oxygen atoms in total. The monoisotopic (exact) mass is 520 g/mol. The average Bonchev–Trinajstić information content (AvgIpc) is 3.34. The van der Waals surface area contributed by atoms with Crippen LogP contribution in [0.3, 0.4) is 0 Å². The third-order valence-electron chi connectivity index (χ3n) is 6.28. The summed E-state index contributed by atoms with van der Waals surface area (Å²) >= 11 is 1.40. The number of piperazine rings is 1. The molecular formula is C26H28N6O4S. The van der Waals surface area contributed by atoms with Crippen molar-refractivity contribution in [3.05, 3.63) is 70.1 Å². The molecule has 11 heteroatoms. The highest BCUT2D eigenvalue weighted by molar-refractivity contribution is 7.19. The molecule has 1 saturated heterocycles. The van der Waals surface area contributed by atoms with Gasteiger partial charge < -0.3 is 19.7 Å². The molecule has 192 valence electrons. The topological polar surface area (TPSA) is 101 Å². The second kappa shape index (κ2) is 10.6. The molecule has 0 aliphatic carbocycles. The maximum atomic E-state index is 12.8. The van der Waals surface area contributed by atoms with E-state index in [1.54, 1.807) is 43.4 Å². The first kappa shape index (κ1) is 24.7. The molecule has 2 aromatic carbocycles. The van der Waals surface area contributed by atoms with Crippen LogP contribution in [0.1, 0.15) is 11.3 Å². The van der Waals surface area contributed by atoms with Crippen molar-refractivity contribution in [3.63, 3.8) is 0 Å². The van der Waals surface area contributed by atoms with Crippen molar-refractivity contribution in [2.75, 3.05) is 45.7 Å².